The maximum atomic E-state index is 2.47. The first-order valence-electron chi connectivity index (χ1n) is 12.3. The van der Waals surface area contributed by atoms with Gasteiger partial charge < -0.3 is 0 Å². The Bertz CT molecular complexity index is 1280. The van der Waals surface area contributed by atoms with Gasteiger partial charge >= 0.3 is 0 Å². The normalized spacial score (nSPS) is 21.5. The second-order valence-corrected chi connectivity index (χ2v) is 10.6. The van der Waals surface area contributed by atoms with E-state index in [9.17, 15) is 0 Å². The van der Waals surface area contributed by atoms with E-state index >= 15 is 0 Å². The van der Waals surface area contributed by atoms with Crippen LogP contribution in [0.15, 0.2) is 91.0 Å². The first kappa shape index (κ1) is 20.5. The molecule has 0 bridgehead atoms. The van der Waals surface area contributed by atoms with Gasteiger partial charge in [0.15, 0.2) is 0 Å². The molecule has 0 nitrogen and oxygen atoms in total. The summed E-state index contributed by atoms with van der Waals surface area (Å²) in [7, 11) is 0. The van der Waals surface area contributed by atoms with Crippen molar-refractivity contribution in [2.24, 2.45) is 5.92 Å². The molecule has 1 heterocycles. The third-order valence-electron chi connectivity index (χ3n) is 8.45. The third kappa shape index (κ3) is 3.13. The van der Waals surface area contributed by atoms with Gasteiger partial charge in [-0.2, -0.15) is 0 Å². The predicted octanol–water partition coefficient (Wildman–Crippen LogP) is 5.55. The van der Waals surface area contributed by atoms with Gasteiger partial charge in [0.1, 0.15) is 0 Å². The predicted molar refractivity (Wildman–Crippen MR) is 142 cm³/mol. The van der Waals surface area contributed by atoms with Crippen LogP contribution in [0.4, 0.5) is 0 Å². The molecule has 1 aliphatic heterocycles. The number of fused-ring (bicyclic) bond motifs is 2. The van der Waals surface area contributed by atoms with Crippen LogP contribution in [-0.2, 0) is 5.41 Å². The highest BCUT2D eigenvalue weighted by Crippen LogP contribution is 2.61. The van der Waals surface area contributed by atoms with Crippen LogP contribution in [0.1, 0.15) is 52.6 Å². The monoisotopic (exact) mass is 426 g/mol. The zero-order chi connectivity index (χ0) is 22.7. The average molecular weight is 426 g/mol. The molecule has 0 N–H and O–H groups in total. The molecular formula is C32H31B. The van der Waals surface area contributed by atoms with Crippen molar-refractivity contribution in [3.63, 3.8) is 0 Å². The van der Waals surface area contributed by atoms with Crippen molar-refractivity contribution >= 4 is 23.1 Å². The lowest BCUT2D eigenvalue weighted by Crippen LogP contribution is -2.59. The van der Waals surface area contributed by atoms with Crippen molar-refractivity contribution in [3.8, 4) is 0 Å². The zero-order valence-electron chi connectivity index (χ0n) is 20.1. The van der Waals surface area contributed by atoms with E-state index in [1.807, 2.05) is 0 Å². The number of hydrogen-bond acceptors (Lipinski definition) is 0. The molecule has 0 radical (unpaired) electrons. The minimum Gasteiger partial charge on any atom is -0.0667 e. The minimum absolute atomic E-state index is 0.245. The Morgan fingerprint density at radius 3 is 1.79 bits per heavy atom. The van der Waals surface area contributed by atoms with Crippen molar-refractivity contribution in [3.05, 3.63) is 124 Å². The SMILES string of the molecule is Cc1cc(C)c(B2c3ccccc3C([C@@H]3C[C@@]3(C)c3ccccc3)c3ccccc32)c(C)c1. The summed E-state index contributed by atoms with van der Waals surface area (Å²) in [6, 6.07) is 34.4. The topological polar surface area (TPSA) is 0 Å². The van der Waals surface area contributed by atoms with Gasteiger partial charge in [-0.3, -0.25) is 0 Å². The molecule has 1 fully saturated rings. The largest absolute Gasteiger partial charge is 0.242 e. The van der Waals surface area contributed by atoms with Gasteiger partial charge in [-0.15, -0.1) is 0 Å². The van der Waals surface area contributed by atoms with Crippen molar-refractivity contribution in [2.45, 2.75) is 45.4 Å². The van der Waals surface area contributed by atoms with Gasteiger partial charge in [0, 0.05) is 5.92 Å². The molecule has 0 saturated heterocycles. The number of benzene rings is 4. The summed E-state index contributed by atoms with van der Waals surface area (Å²) in [5, 5.41) is 0. The van der Waals surface area contributed by atoms with Gasteiger partial charge in [0.25, 0.3) is 0 Å². The molecule has 2 aliphatic rings. The second kappa shape index (κ2) is 7.49. The lowest BCUT2D eigenvalue weighted by molar-refractivity contribution is 0.597. The molecule has 1 heteroatoms. The summed E-state index contributed by atoms with van der Waals surface area (Å²) in [6.07, 6.45) is 1.25. The van der Waals surface area contributed by atoms with Gasteiger partial charge in [-0.05, 0) is 55.2 Å². The Morgan fingerprint density at radius 1 is 0.697 bits per heavy atom. The molecule has 1 aliphatic carbocycles. The molecule has 4 aromatic carbocycles. The van der Waals surface area contributed by atoms with E-state index < -0.39 is 0 Å². The summed E-state index contributed by atoms with van der Waals surface area (Å²) in [4.78, 5) is 0. The summed E-state index contributed by atoms with van der Waals surface area (Å²) in [5.74, 6) is 1.08. The van der Waals surface area contributed by atoms with Gasteiger partial charge in [-0.25, -0.2) is 0 Å². The van der Waals surface area contributed by atoms with Crippen LogP contribution < -0.4 is 16.4 Å². The molecular weight excluding hydrogens is 395 g/mol. The number of aryl methyl sites for hydroxylation is 3. The smallest absolute Gasteiger partial charge is 0.0667 e. The van der Waals surface area contributed by atoms with Crippen LogP contribution in [0.25, 0.3) is 0 Å². The van der Waals surface area contributed by atoms with Crippen LogP contribution in [0.5, 0.6) is 0 Å². The molecule has 1 saturated carbocycles. The standard InChI is InChI=1S/C32H31B/c1-21-18-22(2)31(23(3)19-21)33-28-16-10-8-14-25(28)30(26-15-9-11-17-29(26)33)27-20-32(27,4)24-12-6-5-7-13-24/h5-19,27,30H,20H2,1-4H3/t27-,32-/m0/s1. The summed E-state index contributed by atoms with van der Waals surface area (Å²) in [5.41, 5.74) is 13.4. The van der Waals surface area contributed by atoms with Crippen LogP contribution in [0.2, 0.25) is 0 Å². The highest BCUT2D eigenvalue weighted by Gasteiger charge is 2.57. The zero-order valence-corrected chi connectivity index (χ0v) is 20.1. The van der Waals surface area contributed by atoms with E-state index in [0.717, 1.165) is 0 Å². The molecule has 4 aromatic rings. The molecule has 2 atom stereocenters. The first-order valence-corrected chi connectivity index (χ1v) is 12.3. The number of hydrogen-bond donors (Lipinski definition) is 0. The third-order valence-corrected chi connectivity index (χ3v) is 8.45. The molecule has 6 rings (SSSR count). The van der Waals surface area contributed by atoms with Crippen molar-refractivity contribution in [2.75, 3.05) is 0 Å². The quantitative estimate of drug-likeness (QED) is 0.377. The molecule has 33 heavy (non-hydrogen) atoms. The van der Waals surface area contributed by atoms with E-state index in [1.165, 1.54) is 56.2 Å². The number of rotatable bonds is 3. The van der Waals surface area contributed by atoms with E-state index in [0.29, 0.717) is 18.5 Å². The van der Waals surface area contributed by atoms with Crippen LogP contribution in [-0.4, -0.2) is 6.71 Å². The summed E-state index contributed by atoms with van der Waals surface area (Å²) < 4.78 is 0. The van der Waals surface area contributed by atoms with Crippen LogP contribution in [0.3, 0.4) is 0 Å². The first-order chi connectivity index (χ1) is 16.0. The Labute approximate surface area is 198 Å². The fourth-order valence-corrected chi connectivity index (χ4v) is 6.87. The lowest BCUT2D eigenvalue weighted by Gasteiger charge is -2.35. The Kier molecular flexibility index (Phi) is 4.66. The van der Waals surface area contributed by atoms with E-state index in [4.69, 9.17) is 0 Å². The molecule has 0 amide bonds. The van der Waals surface area contributed by atoms with E-state index in [2.05, 4.69) is 119 Å². The maximum absolute atomic E-state index is 2.47. The summed E-state index contributed by atoms with van der Waals surface area (Å²) in [6.45, 7) is 9.56. The molecule has 0 spiro atoms. The van der Waals surface area contributed by atoms with Gasteiger partial charge in [-0.1, -0.05) is 131 Å². The van der Waals surface area contributed by atoms with Crippen molar-refractivity contribution in [1.82, 2.24) is 0 Å². The van der Waals surface area contributed by atoms with Crippen molar-refractivity contribution < 1.29 is 0 Å². The Hall–Kier alpha value is -3.06. The average Bonchev–Trinajstić information content (AvgIpc) is 3.50. The highest BCUT2D eigenvalue weighted by atomic mass is 14.6. The summed E-state index contributed by atoms with van der Waals surface area (Å²) >= 11 is 0. The fourth-order valence-electron chi connectivity index (χ4n) is 6.87. The highest BCUT2D eigenvalue weighted by molar-refractivity contribution is 6.97. The van der Waals surface area contributed by atoms with Crippen LogP contribution >= 0.6 is 0 Å². The van der Waals surface area contributed by atoms with Gasteiger partial charge in [0.2, 0.25) is 6.71 Å². The van der Waals surface area contributed by atoms with Crippen LogP contribution in [0, 0.1) is 26.7 Å². The fraction of sp³-hybridized carbons (Fsp3) is 0.250. The molecule has 0 unspecified atom stereocenters. The lowest BCUT2D eigenvalue weighted by atomic mass is 9.31. The van der Waals surface area contributed by atoms with E-state index in [1.54, 1.807) is 0 Å². The van der Waals surface area contributed by atoms with E-state index in [-0.39, 0.29) is 5.41 Å². The molecule has 162 valence electrons. The second-order valence-electron chi connectivity index (χ2n) is 10.6. The van der Waals surface area contributed by atoms with Crippen molar-refractivity contribution in [1.29, 1.82) is 0 Å². The Balaban J connectivity index is 1.55. The Morgan fingerprint density at radius 2 is 1.21 bits per heavy atom. The maximum Gasteiger partial charge on any atom is 0.242 e. The van der Waals surface area contributed by atoms with Gasteiger partial charge in [0.05, 0.1) is 0 Å². The minimum atomic E-state index is 0.245. The molecule has 0 aromatic heterocycles.